The van der Waals surface area contributed by atoms with Crippen molar-refractivity contribution in [3.63, 3.8) is 0 Å². The molecule has 0 fully saturated rings. The molecule has 2 rings (SSSR count). The Labute approximate surface area is 111 Å². The summed E-state index contributed by atoms with van der Waals surface area (Å²) in [6.45, 7) is 2.07. The minimum atomic E-state index is -0.986. The van der Waals surface area contributed by atoms with Gasteiger partial charge in [0, 0.05) is 23.5 Å². The topological polar surface area (TPSA) is 59.4 Å². The standard InChI is InChI=1S/C15H15NO3/c1-3-10-4-5-14(19-2)13(6-10)11-7-12(15(17)18)9-16-8-11/h4-9H,3H2,1-2H3,(H,17,18). The Bertz CT molecular complexity index is 608. The lowest BCUT2D eigenvalue weighted by Crippen LogP contribution is -1.98. The largest absolute Gasteiger partial charge is 0.496 e. The first-order chi connectivity index (χ1) is 9.15. The quantitative estimate of drug-likeness (QED) is 0.914. The number of aryl methyl sites for hydroxylation is 1. The summed E-state index contributed by atoms with van der Waals surface area (Å²) < 4.78 is 5.32. The summed E-state index contributed by atoms with van der Waals surface area (Å²) in [5.74, 6) is -0.276. The third-order valence-corrected chi connectivity index (χ3v) is 2.97. The zero-order valence-corrected chi connectivity index (χ0v) is 10.9. The predicted octanol–water partition coefficient (Wildman–Crippen LogP) is 3.02. The number of rotatable bonds is 4. The number of carbonyl (C=O) groups is 1. The second kappa shape index (κ2) is 5.52. The van der Waals surface area contributed by atoms with Crippen molar-refractivity contribution in [2.75, 3.05) is 7.11 Å². The van der Waals surface area contributed by atoms with Crippen molar-refractivity contribution in [3.8, 4) is 16.9 Å². The normalized spacial score (nSPS) is 10.2. The Morgan fingerprint density at radius 2 is 2.11 bits per heavy atom. The van der Waals surface area contributed by atoms with Crippen molar-refractivity contribution in [2.45, 2.75) is 13.3 Å². The van der Waals surface area contributed by atoms with E-state index in [0.717, 1.165) is 23.1 Å². The number of aromatic carboxylic acids is 1. The van der Waals surface area contributed by atoms with E-state index in [0.29, 0.717) is 5.75 Å². The summed E-state index contributed by atoms with van der Waals surface area (Å²) in [6, 6.07) is 7.49. The zero-order valence-electron chi connectivity index (χ0n) is 10.9. The molecule has 19 heavy (non-hydrogen) atoms. The Hall–Kier alpha value is -2.36. The van der Waals surface area contributed by atoms with E-state index in [9.17, 15) is 4.79 Å². The monoisotopic (exact) mass is 257 g/mol. The van der Waals surface area contributed by atoms with Crippen LogP contribution in [0.4, 0.5) is 0 Å². The zero-order chi connectivity index (χ0) is 13.8. The lowest BCUT2D eigenvalue weighted by Gasteiger charge is -2.10. The van der Waals surface area contributed by atoms with Crippen LogP contribution in [0.25, 0.3) is 11.1 Å². The molecular weight excluding hydrogens is 242 g/mol. The van der Waals surface area contributed by atoms with E-state index in [1.54, 1.807) is 19.4 Å². The van der Waals surface area contributed by atoms with Crippen LogP contribution in [-0.4, -0.2) is 23.2 Å². The molecule has 0 aliphatic rings. The molecule has 0 atom stereocenters. The van der Waals surface area contributed by atoms with Crippen LogP contribution in [0.15, 0.2) is 36.7 Å². The molecule has 1 heterocycles. The fourth-order valence-electron chi connectivity index (χ4n) is 1.90. The van der Waals surface area contributed by atoms with Gasteiger partial charge < -0.3 is 9.84 Å². The maximum atomic E-state index is 11.0. The molecule has 0 saturated heterocycles. The van der Waals surface area contributed by atoms with E-state index in [1.807, 2.05) is 18.2 Å². The molecule has 1 aromatic carbocycles. The molecule has 1 N–H and O–H groups in total. The molecule has 0 spiro atoms. The molecule has 0 radical (unpaired) electrons. The van der Waals surface area contributed by atoms with Crippen molar-refractivity contribution in [1.29, 1.82) is 0 Å². The molecular formula is C15H15NO3. The number of hydrogen-bond donors (Lipinski definition) is 1. The Kier molecular flexibility index (Phi) is 3.80. The summed E-state index contributed by atoms with van der Waals surface area (Å²) >= 11 is 0. The van der Waals surface area contributed by atoms with Crippen molar-refractivity contribution in [1.82, 2.24) is 4.98 Å². The highest BCUT2D eigenvalue weighted by Crippen LogP contribution is 2.31. The molecule has 0 saturated carbocycles. The van der Waals surface area contributed by atoms with Gasteiger partial charge in [0.15, 0.2) is 0 Å². The van der Waals surface area contributed by atoms with Gasteiger partial charge in [0.2, 0.25) is 0 Å². The Morgan fingerprint density at radius 1 is 1.32 bits per heavy atom. The van der Waals surface area contributed by atoms with Gasteiger partial charge >= 0.3 is 5.97 Å². The highest BCUT2D eigenvalue weighted by molar-refractivity contribution is 5.89. The van der Waals surface area contributed by atoms with Crippen molar-refractivity contribution >= 4 is 5.97 Å². The maximum Gasteiger partial charge on any atom is 0.337 e. The van der Waals surface area contributed by atoms with Crippen LogP contribution in [0.2, 0.25) is 0 Å². The number of nitrogens with zero attached hydrogens (tertiary/aromatic N) is 1. The van der Waals surface area contributed by atoms with Gasteiger partial charge in [-0.15, -0.1) is 0 Å². The second-order valence-electron chi connectivity index (χ2n) is 4.16. The summed E-state index contributed by atoms with van der Waals surface area (Å²) in [4.78, 5) is 15.0. The van der Waals surface area contributed by atoms with Crippen LogP contribution in [0, 0.1) is 0 Å². The number of methoxy groups -OCH3 is 1. The molecule has 98 valence electrons. The van der Waals surface area contributed by atoms with E-state index < -0.39 is 5.97 Å². The fourth-order valence-corrected chi connectivity index (χ4v) is 1.90. The average Bonchev–Trinajstić information content (AvgIpc) is 2.46. The van der Waals surface area contributed by atoms with Gasteiger partial charge in [0.25, 0.3) is 0 Å². The fraction of sp³-hybridized carbons (Fsp3) is 0.200. The summed E-state index contributed by atoms with van der Waals surface area (Å²) in [5, 5.41) is 9.01. The molecule has 0 aliphatic heterocycles. The van der Waals surface area contributed by atoms with Crippen LogP contribution >= 0.6 is 0 Å². The van der Waals surface area contributed by atoms with Gasteiger partial charge in [-0.05, 0) is 30.2 Å². The molecule has 0 amide bonds. The SMILES string of the molecule is CCc1ccc(OC)c(-c2cncc(C(=O)O)c2)c1. The summed E-state index contributed by atoms with van der Waals surface area (Å²) in [7, 11) is 1.60. The van der Waals surface area contributed by atoms with Crippen LogP contribution in [0.1, 0.15) is 22.8 Å². The number of hydrogen-bond acceptors (Lipinski definition) is 3. The van der Waals surface area contributed by atoms with E-state index in [-0.39, 0.29) is 5.56 Å². The molecule has 0 unspecified atom stereocenters. The minimum absolute atomic E-state index is 0.168. The van der Waals surface area contributed by atoms with Crippen LogP contribution in [0.3, 0.4) is 0 Å². The van der Waals surface area contributed by atoms with Crippen molar-refractivity contribution in [2.24, 2.45) is 0 Å². The van der Waals surface area contributed by atoms with E-state index in [4.69, 9.17) is 9.84 Å². The van der Waals surface area contributed by atoms with Gasteiger partial charge in [-0.25, -0.2) is 4.79 Å². The lowest BCUT2D eigenvalue weighted by molar-refractivity contribution is 0.0696. The van der Waals surface area contributed by atoms with E-state index in [2.05, 4.69) is 11.9 Å². The second-order valence-corrected chi connectivity index (χ2v) is 4.16. The first kappa shape index (κ1) is 13.1. The maximum absolute atomic E-state index is 11.0. The lowest BCUT2D eigenvalue weighted by atomic mass is 10.0. The highest BCUT2D eigenvalue weighted by atomic mass is 16.5. The summed E-state index contributed by atoms with van der Waals surface area (Å²) in [5.41, 5.74) is 2.93. The van der Waals surface area contributed by atoms with Crippen LogP contribution < -0.4 is 4.74 Å². The van der Waals surface area contributed by atoms with Crippen molar-refractivity contribution < 1.29 is 14.6 Å². The third kappa shape index (κ3) is 2.73. The van der Waals surface area contributed by atoms with Gasteiger partial charge in [-0.3, -0.25) is 4.98 Å². The Balaban J connectivity index is 2.56. The third-order valence-electron chi connectivity index (χ3n) is 2.97. The number of carboxylic acids is 1. The van der Waals surface area contributed by atoms with Crippen molar-refractivity contribution in [3.05, 3.63) is 47.8 Å². The minimum Gasteiger partial charge on any atom is -0.496 e. The van der Waals surface area contributed by atoms with Gasteiger partial charge in [0.1, 0.15) is 5.75 Å². The number of pyridine rings is 1. The highest BCUT2D eigenvalue weighted by Gasteiger charge is 2.10. The van der Waals surface area contributed by atoms with Gasteiger partial charge in [-0.2, -0.15) is 0 Å². The van der Waals surface area contributed by atoms with Gasteiger partial charge in [0.05, 0.1) is 12.7 Å². The molecule has 0 aliphatic carbocycles. The van der Waals surface area contributed by atoms with Gasteiger partial charge in [-0.1, -0.05) is 13.0 Å². The van der Waals surface area contributed by atoms with E-state index in [1.165, 1.54) is 6.20 Å². The van der Waals surface area contributed by atoms with Crippen LogP contribution in [0.5, 0.6) is 5.75 Å². The molecule has 4 nitrogen and oxygen atoms in total. The summed E-state index contributed by atoms with van der Waals surface area (Å²) in [6.07, 6.45) is 3.88. The average molecular weight is 257 g/mol. The molecule has 0 bridgehead atoms. The first-order valence-corrected chi connectivity index (χ1v) is 6.01. The number of aromatic nitrogens is 1. The molecule has 2 aromatic rings. The smallest absolute Gasteiger partial charge is 0.337 e. The van der Waals surface area contributed by atoms with Crippen LogP contribution in [-0.2, 0) is 6.42 Å². The predicted molar refractivity (Wildman–Crippen MR) is 72.6 cm³/mol. The molecule has 4 heteroatoms. The number of ether oxygens (including phenoxy) is 1. The first-order valence-electron chi connectivity index (χ1n) is 6.01. The Morgan fingerprint density at radius 3 is 2.74 bits per heavy atom. The number of carboxylic acid groups (broad SMARTS) is 1. The van der Waals surface area contributed by atoms with E-state index >= 15 is 0 Å². The number of benzene rings is 1. The molecule has 1 aromatic heterocycles.